The Kier molecular flexibility index (Phi) is 2.91. The molecule has 3 rings (SSSR count). The van der Waals surface area contributed by atoms with Crippen molar-refractivity contribution < 1.29 is 14.8 Å². The molecule has 1 aromatic rings. The molecule has 0 radical (unpaired) electrons. The molecule has 0 bridgehead atoms. The average Bonchev–Trinajstić information content (AvgIpc) is 2.72. The number of β-amino-alcohol motifs (C(OH)–C–C–N with tert-alkyl or cyclic N) is 1. The Labute approximate surface area is 121 Å². The first-order valence-corrected chi connectivity index (χ1v) is 6.88. The van der Waals surface area contributed by atoms with Gasteiger partial charge in [-0.3, -0.25) is 14.9 Å². The van der Waals surface area contributed by atoms with Crippen molar-refractivity contribution in [3.63, 3.8) is 0 Å². The molecular weight excluding hydrogens is 274 g/mol. The minimum Gasteiger partial charge on any atom is -0.386 e. The van der Waals surface area contributed by atoms with Gasteiger partial charge in [0, 0.05) is 24.8 Å². The van der Waals surface area contributed by atoms with E-state index in [1.165, 1.54) is 6.07 Å². The van der Waals surface area contributed by atoms with E-state index in [-0.39, 0.29) is 23.9 Å². The summed E-state index contributed by atoms with van der Waals surface area (Å²) in [5.74, 6) is -0.0688. The summed E-state index contributed by atoms with van der Waals surface area (Å²) in [5.41, 5.74) is 0.897. The van der Waals surface area contributed by atoms with Crippen molar-refractivity contribution in [3.8, 4) is 0 Å². The normalized spacial score (nSPS) is 19.2. The smallest absolute Gasteiger partial charge is 0.292 e. The molecule has 7 heteroatoms. The van der Waals surface area contributed by atoms with Crippen LogP contribution in [-0.2, 0) is 11.2 Å². The van der Waals surface area contributed by atoms with E-state index in [2.05, 4.69) is 5.32 Å². The van der Waals surface area contributed by atoms with Crippen LogP contribution >= 0.6 is 0 Å². The van der Waals surface area contributed by atoms with Gasteiger partial charge in [0.05, 0.1) is 11.3 Å². The molecule has 2 N–H and O–H groups in total. The van der Waals surface area contributed by atoms with E-state index in [1.807, 2.05) is 13.8 Å². The number of benzene rings is 1. The molecule has 2 aliphatic rings. The van der Waals surface area contributed by atoms with E-state index in [9.17, 15) is 20.0 Å². The van der Waals surface area contributed by atoms with Gasteiger partial charge in [-0.1, -0.05) is 13.8 Å². The van der Waals surface area contributed by atoms with Crippen LogP contribution in [0.2, 0.25) is 0 Å². The van der Waals surface area contributed by atoms with Crippen molar-refractivity contribution >= 4 is 23.0 Å². The summed E-state index contributed by atoms with van der Waals surface area (Å²) < 4.78 is 0. The highest BCUT2D eigenvalue weighted by Crippen LogP contribution is 2.41. The van der Waals surface area contributed by atoms with Crippen LogP contribution in [0.4, 0.5) is 17.1 Å². The third-order valence-electron chi connectivity index (χ3n) is 4.37. The van der Waals surface area contributed by atoms with Crippen molar-refractivity contribution in [2.24, 2.45) is 5.92 Å². The van der Waals surface area contributed by atoms with Gasteiger partial charge in [0.25, 0.3) is 5.69 Å². The lowest BCUT2D eigenvalue weighted by Gasteiger charge is -2.50. The molecule has 1 aromatic carbocycles. The lowest BCUT2D eigenvalue weighted by molar-refractivity contribution is -0.384. The van der Waals surface area contributed by atoms with Gasteiger partial charge in [0.1, 0.15) is 11.3 Å². The zero-order valence-electron chi connectivity index (χ0n) is 11.9. The molecule has 2 heterocycles. The van der Waals surface area contributed by atoms with Gasteiger partial charge in [0.2, 0.25) is 5.91 Å². The van der Waals surface area contributed by atoms with Gasteiger partial charge in [-0.25, -0.2) is 0 Å². The fourth-order valence-corrected chi connectivity index (χ4v) is 2.80. The maximum atomic E-state index is 11.4. The molecule has 0 spiro atoms. The standard InChI is InChI=1S/C14H17N3O4/c1-8(2)14(19)6-16(7-14)11-5-10-9(4-13(18)15-10)3-12(11)17(20)21/h3,5,8,19H,4,6-7H2,1-2H3,(H,15,18). The van der Waals surface area contributed by atoms with Gasteiger partial charge in [0.15, 0.2) is 0 Å². The molecule has 0 aliphatic carbocycles. The van der Waals surface area contributed by atoms with Gasteiger partial charge in [-0.15, -0.1) is 0 Å². The number of aliphatic hydroxyl groups is 1. The van der Waals surface area contributed by atoms with Gasteiger partial charge in [-0.05, 0) is 17.5 Å². The quantitative estimate of drug-likeness (QED) is 0.646. The first kappa shape index (κ1) is 13.8. The van der Waals surface area contributed by atoms with Crippen molar-refractivity contribution in [2.75, 3.05) is 23.3 Å². The molecule has 0 saturated carbocycles. The number of nitrogens with zero attached hydrogens (tertiary/aromatic N) is 2. The number of hydrogen-bond acceptors (Lipinski definition) is 5. The third-order valence-corrected chi connectivity index (χ3v) is 4.37. The zero-order chi connectivity index (χ0) is 15.4. The van der Waals surface area contributed by atoms with Crippen molar-refractivity contribution in [1.29, 1.82) is 0 Å². The molecule has 0 aromatic heterocycles. The highest BCUT2D eigenvalue weighted by molar-refractivity contribution is 6.00. The maximum Gasteiger partial charge on any atom is 0.292 e. The van der Waals surface area contributed by atoms with Crippen LogP contribution < -0.4 is 10.2 Å². The predicted molar refractivity (Wildman–Crippen MR) is 77.4 cm³/mol. The molecule has 0 atom stereocenters. The fourth-order valence-electron chi connectivity index (χ4n) is 2.80. The maximum absolute atomic E-state index is 11.4. The minimum absolute atomic E-state index is 0.0175. The van der Waals surface area contributed by atoms with Gasteiger partial charge in [-0.2, -0.15) is 0 Å². The number of nitro groups is 1. The summed E-state index contributed by atoms with van der Waals surface area (Å²) in [7, 11) is 0. The van der Waals surface area contributed by atoms with Crippen LogP contribution in [0.3, 0.4) is 0 Å². The fraction of sp³-hybridized carbons (Fsp3) is 0.500. The third kappa shape index (κ3) is 2.13. The first-order chi connectivity index (χ1) is 9.80. The van der Waals surface area contributed by atoms with E-state index < -0.39 is 10.5 Å². The monoisotopic (exact) mass is 291 g/mol. The first-order valence-electron chi connectivity index (χ1n) is 6.88. The van der Waals surface area contributed by atoms with Crippen molar-refractivity contribution in [3.05, 3.63) is 27.8 Å². The van der Waals surface area contributed by atoms with Crippen LogP contribution in [0.5, 0.6) is 0 Å². The van der Waals surface area contributed by atoms with Crippen LogP contribution in [0.1, 0.15) is 19.4 Å². The Morgan fingerprint density at radius 3 is 2.67 bits per heavy atom. The number of nitro benzene ring substituents is 1. The minimum atomic E-state index is -0.809. The number of hydrogen-bond donors (Lipinski definition) is 2. The highest BCUT2D eigenvalue weighted by atomic mass is 16.6. The topological polar surface area (TPSA) is 95.7 Å². The second-order valence-corrected chi connectivity index (χ2v) is 6.09. The summed E-state index contributed by atoms with van der Waals surface area (Å²) >= 11 is 0. The van der Waals surface area contributed by atoms with Crippen molar-refractivity contribution in [2.45, 2.75) is 25.9 Å². The van der Waals surface area contributed by atoms with E-state index in [4.69, 9.17) is 0 Å². The second-order valence-electron chi connectivity index (χ2n) is 6.09. The lowest BCUT2D eigenvalue weighted by atomic mass is 9.82. The molecule has 21 heavy (non-hydrogen) atoms. The Morgan fingerprint density at radius 1 is 1.43 bits per heavy atom. The summed E-state index contributed by atoms with van der Waals surface area (Å²) in [6.07, 6.45) is 0.173. The molecule has 2 aliphatic heterocycles. The van der Waals surface area contributed by atoms with Crippen LogP contribution in [0.25, 0.3) is 0 Å². The Balaban J connectivity index is 1.94. The summed E-state index contributed by atoms with van der Waals surface area (Å²) in [6.45, 7) is 4.57. The molecular formula is C14H17N3O4. The molecule has 112 valence electrons. The van der Waals surface area contributed by atoms with E-state index >= 15 is 0 Å². The molecule has 1 fully saturated rings. The SMILES string of the molecule is CC(C)C1(O)CN(c2cc3c(cc2[N+](=O)[O-])CC(=O)N3)C1. The molecule has 0 unspecified atom stereocenters. The summed E-state index contributed by atoms with van der Waals surface area (Å²) in [6, 6.07) is 3.09. The van der Waals surface area contributed by atoms with Crippen LogP contribution in [-0.4, -0.2) is 34.6 Å². The number of fused-ring (bicyclic) bond motifs is 1. The van der Waals surface area contributed by atoms with Crippen LogP contribution in [0.15, 0.2) is 12.1 Å². The molecule has 7 nitrogen and oxygen atoms in total. The number of carbonyl (C=O) groups excluding carboxylic acids is 1. The number of rotatable bonds is 3. The predicted octanol–water partition coefficient (Wildman–Crippen LogP) is 1.30. The summed E-state index contributed by atoms with van der Waals surface area (Å²) in [5, 5.41) is 24.3. The Bertz CT molecular complexity index is 635. The average molecular weight is 291 g/mol. The van der Waals surface area contributed by atoms with Gasteiger partial charge >= 0.3 is 0 Å². The second kappa shape index (κ2) is 4.42. The highest BCUT2D eigenvalue weighted by Gasteiger charge is 2.45. The van der Waals surface area contributed by atoms with E-state index in [0.29, 0.717) is 30.0 Å². The van der Waals surface area contributed by atoms with E-state index in [0.717, 1.165) is 0 Å². The Hall–Kier alpha value is -2.15. The number of amides is 1. The summed E-state index contributed by atoms with van der Waals surface area (Å²) in [4.78, 5) is 24.0. The van der Waals surface area contributed by atoms with Gasteiger partial charge < -0.3 is 15.3 Å². The lowest BCUT2D eigenvalue weighted by Crippen LogP contribution is -2.64. The number of nitrogens with one attached hydrogen (secondary N) is 1. The van der Waals surface area contributed by atoms with E-state index in [1.54, 1.807) is 11.0 Å². The zero-order valence-corrected chi connectivity index (χ0v) is 11.9. The Morgan fingerprint density at radius 2 is 2.10 bits per heavy atom. The van der Waals surface area contributed by atoms with Crippen LogP contribution in [0, 0.1) is 16.0 Å². The number of anilines is 2. The number of carbonyl (C=O) groups is 1. The molecule has 1 saturated heterocycles. The van der Waals surface area contributed by atoms with Crippen molar-refractivity contribution in [1.82, 2.24) is 0 Å². The molecule has 1 amide bonds. The largest absolute Gasteiger partial charge is 0.386 e.